The van der Waals surface area contributed by atoms with Gasteiger partial charge >= 0.3 is 5.97 Å². The van der Waals surface area contributed by atoms with Crippen molar-refractivity contribution in [3.63, 3.8) is 0 Å². The maximum absolute atomic E-state index is 10.9. The van der Waals surface area contributed by atoms with E-state index in [1.165, 1.54) is 25.7 Å². The maximum Gasteiger partial charge on any atom is 0.336 e. The van der Waals surface area contributed by atoms with E-state index in [2.05, 4.69) is 22.9 Å². The normalized spacial score (nSPS) is 12.2. The summed E-state index contributed by atoms with van der Waals surface area (Å²) in [5, 5.41) is 8.93. The summed E-state index contributed by atoms with van der Waals surface area (Å²) in [6, 6.07) is 4.98. The minimum absolute atomic E-state index is 0.152. The molecule has 0 aliphatic heterocycles. The summed E-state index contributed by atoms with van der Waals surface area (Å²) in [4.78, 5) is 10.9. The molecule has 1 rings (SSSR count). The Bertz CT molecular complexity index is 418. The highest BCUT2D eigenvalue weighted by molar-refractivity contribution is 9.10. The number of carbonyl (C=O) groups is 1. The lowest BCUT2D eigenvalue weighted by molar-refractivity contribution is 0.0696. The number of hydrogen-bond donors (Lipinski definition) is 1. The molecular weight excluding hydrogens is 308 g/mol. The first kappa shape index (κ1) is 16.0. The van der Waals surface area contributed by atoms with Gasteiger partial charge in [0, 0.05) is 4.47 Å². The molecule has 0 aliphatic carbocycles. The second-order valence-electron chi connectivity index (χ2n) is 4.72. The van der Waals surface area contributed by atoms with Crippen LogP contribution < -0.4 is 4.74 Å². The van der Waals surface area contributed by atoms with E-state index in [-0.39, 0.29) is 11.7 Å². The zero-order valence-electron chi connectivity index (χ0n) is 11.5. The molecule has 0 fully saturated rings. The van der Waals surface area contributed by atoms with E-state index in [9.17, 15) is 4.79 Å². The summed E-state index contributed by atoms with van der Waals surface area (Å²) >= 11 is 3.25. The topological polar surface area (TPSA) is 46.5 Å². The van der Waals surface area contributed by atoms with Crippen molar-refractivity contribution in [2.75, 3.05) is 0 Å². The van der Waals surface area contributed by atoms with Crippen LogP contribution in [0.4, 0.5) is 0 Å². The molecule has 1 N–H and O–H groups in total. The molecule has 0 aromatic heterocycles. The smallest absolute Gasteiger partial charge is 0.336 e. The van der Waals surface area contributed by atoms with E-state index in [1.807, 2.05) is 6.92 Å². The quantitative estimate of drug-likeness (QED) is 0.691. The molecule has 0 bridgehead atoms. The van der Waals surface area contributed by atoms with Gasteiger partial charge in [0.05, 0.1) is 11.7 Å². The predicted octanol–water partition coefficient (Wildman–Crippen LogP) is 4.89. The lowest BCUT2D eigenvalue weighted by atomic mass is 10.1. The number of ether oxygens (including phenoxy) is 1. The van der Waals surface area contributed by atoms with Gasteiger partial charge in [-0.15, -0.1) is 0 Å². The average molecular weight is 329 g/mol. The summed E-state index contributed by atoms with van der Waals surface area (Å²) in [5.41, 5.74) is 0.253. The van der Waals surface area contributed by atoms with Crippen molar-refractivity contribution in [2.24, 2.45) is 0 Å². The molecule has 0 aliphatic rings. The third-order valence-corrected chi connectivity index (χ3v) is 3.63. The molecule has 0 saturated heterocycles. The van der Waals surface area contributed by atoms with Crippen LogP contribution >= 0.6 is 15.9 Å². The van der Waals surface area contributed by atoms with Crippen molar-refractivity contribution in [1.29, 1.82) is 0 Å². The lowest BCUT2D eigenvalue weighted by Gasteiger charge is -2.15. The fraction of sp³-hybridized carbons (Fsp3) is 0.533. The van der Waals surface area contributed by atoms with Gasteiger partial charge in [0.25, 0.3) is 0 Å². The van der Waals surface area contributed by atoms with Crippen LogP contribution in [-0.4, -0.2) is 17.2 Å². The molecule has 0 spiro atoms. The standard InChI is InChI=1S/C15H21BrO3/c1-3-4-5-6-7-11(2)19-12-8-9-13(15(17)18)14(16)10-12/h8-11H,3-7H2,1-2H3,(H,17,18). The van der Waals surface area contributed by atoms with Crippen LogP contribution in [0.1, 0.15) is 56.3 Å². The Morgan fingerprint density at radius 3 is 2.68 bits per heavy atom. The van der Waals surface area contributed by atoms with Crippen LogP contribution in [0.2, 0.25) is 0 Å². The number of rotatable bonds is 8. The Balaban J connectivity index is 2.48. The third-order valence-electron chi connectivity index (χ3n) is 2.97. The second-order valence-corrected chi connectivity index (χ2v) is 5.58. The molecule has 0 heterocycles. The van der Waals surface area contributed by atoms with Crippen molar-refractivity contribution in [2.45, 2.75) is 52.1 Å². The van der Waals surface area contributed by atoms with Crippen molar-refractivity contribution < 1.29 is 14.6 Å². The number of carboxylic acid groups (broad SMARTS) is 1. The van der Waals surface area contributed by atoms with Gasteiger partial charge in [-0.2, -0.15) is 0 Å². The Morgan fingerprint density at radius 1 is 1.37 bits per heavy atom. The summed E-state index contributed by atoms with van der Waals surface area (Å²) in [5.74, 6) is -0.231. The molecule has 1 unspecified atom stereocenters. The van der Waals surface area contributed by atoms with E-state index in [0.717, 1.165) is 6.42 Å². The van der Waals surface area contributed by atoms with Gasteiger partial charge in [-0.25, -0.2) is 4.79 Å². The van der Waals surface area contributed by atoms with Crippen LogP contribution in [0.5, 0.6) is 5.75 Å². The number of carboxylic acids is 1. The number of unbranched alkanes of at least 4 members (excludes halogenated alkanes) is 3. The molecule has 0 radical (unpaired) electrons. The van der Waals surface area contributed by atoms with Gasteiger partial charge < -0.3 is 9.84 Å². The first-order valence-corrected chi connectivity index (χ1v) is 7.53. The van der Waals surface area contributed by atoms with Crippen molar-refractivity contribution in [3.8, 4) is 5.75 Å². The summed E-state index contributed by atoms with van der Waals surface area (Å²) in [6.45, 7) is 4.24. The van der Waals surface area contributed by atoms with Crippen LogP contribution in [0, 0.1) is 0 Å². The number of hydrogen-bond acceptors (Lipinski definition) is 2. The zero-order chi connectivity index (χ0) is 14.3. The lowest BCUT2D eigenvalue weighted by Crippen LogP contribution is -2.11. The average Bonchev–Trinajstić information content (AvgIpc) is 2.34. The fourth-order valence-corrected chi connectivity index (χ4v) is 2.42. The Kier molecular flexibility index (Phi) is 6.92. The first-order chi connectivity index (χ1) is 9.04. The molecule has 0 saturated carbocycles. The van der Waals surface area contributed by atoms with E-state index in [4.69, 9.17) is 9.84 Å². The number of aromatic carboxylic acids is 1. The van der Waals surface area contributed by atoms with Crippen molar-refractivity contribution in [1.82, 2.24) is 0 Å². The molecule has 1 aromatic carbocycles. The predicted molar refractivity (Wildman–Crippen MR) is 80.0 cm³/mol. The fourth-order valence-electron chi connectivity index (χ4n) is 1.89. The van der Waals surface area contributed by atoms with E-state index in [1.54, 1.807) is 18.2 Å². The van der Waals surface area contributed by atoms with Gasteiger partial charge in [0.2, 0.25) is 0 Å². The zero-order valence-corrected chi connectivity index (χ0v) is 13.1. The largest absolute Gasteiger partial charge is 0.491 e. The highest BCUT2D eigenvalue weighted by Gasteiger charge is 2.10. The molecule has 1 atom stereocenters. The molecule has 4 heteroatoms. The van der Waals surface area contributed by atoms with E-state index < -0.39 is 5.97 Å². The second kappa shape index (κ2) is 8.20. The van der Waals surface area contributed by atoms with E-state index >= 15 is 0 Å². The number of halogens is 1. The van der Waals surface area contributed by atoms with Crippen molar-refractivity contribution >= 4 is 21.9 Å². The summed E-state index contributed by atoms with van der Waals surface area (Å²) in [6.07, 6.45) is 6.09. The highest BCUT2D eigenvalue weighted by Crippen LogP contribution is 2.24. The summed E-state index contributed by atoms with van der Waals surface area (Å²) in [7, 11) is 0. The van der Waals surface area contributed by atoms with Gasteiger partial charge in [-0.3, -0.25) is 0 Å². The molecule has 0 amide bonds. The minimum Gasteiger partial charge on any atom is -0.491 e. The van der Waals surface area contributed by atoms with Crippen LogP contribution in [0.15, 0.2) is 22.7 Å². The van der Waals surface area contributed by atoms with Crippen LogP contribution in [0.25, 0.3) is 0 Å². The minimum atomic E-state index is -0.939. The first-order valence-electron chi connectivity index (χ1n) is 6.74. The third kappa shape index (κ3) is 5.64. The Morgan fingerprint density at radius 2 is 2.11 bits per heavy atom. The molecule has 106 valence electrons. The SMILES string of the molecule is CCCCCCC(C)Oc1ccc(C(=O)O)c(Br)c1. The van der Waals surface area contributed by atoms with Gasteiger partial charge in [-0.1, -0.05) is 26.2 Å². The Labute approximate surface area is 123 Å². The highest BCUT2D eigenvalue weighted by atomic mass is 79.9. The van der Waals surface area contributed by atoms with E-state index in [0.29, 0.717) is 10.2 Å². The number of benzene rings is 1. The monoisotopic (exact) mass is 328 g/mol. The van der Waals surface area contributed by atoms with Gasteiger partial charge in [-0.05, 0) is 53.9 Å². The molecule has 19 heavy (non-hydrogen) atoms. The molecule has 1 aromatic rings. The molecular formula is C15H21BrO3. The van der Waals surface area contributed by atoms with Gasteiger partial charge in [0.1, 0.15) is 5.75 Å². The van der Waals surface area contributed by atoms with Crippen LogP contribution in [0.3, 0.4) is 0 Å². The maximum atomic E-state index is 10.9. The van der Waals surface area contributed by atoms with Crippen molar-refractivity contribution in [3.05, 3.63) is 28.2 Å². The van der Waals surface area contributed by atoms with Crippen LogP contribution in [-0.2, 0) is 0 Å². The molecule has 3 nitrogen and oxygen atoms in total. The summed E-state index contributed by atoms with van der Waals surface area (Å²) < 4.78 is 6.34. The van der Waals surface area contributed by atoms with Gasteiger partial charge in [0.15, 0.2) is 0 Å². The Hall–Kier alpha value is -1.03.